The molecule has 0 radical (unpaired) electrons. The number of rotatable bonds is 4. The summed E-state index contributed by atoms with van der Waals surface area (Å²) in [5.41, 5.74) is 5.21. The van der Waals surface area contributed by atoms with E-state index in [9.17, 15) is 4.39 Å². The predicted octanol–water partition coefficient (Wildman–Crippen LogP) is 5.21. The fourth-order valence-corrected chi connectivity index (χ4v) is 2.87. The molecule has 0 aliphatic heterocycles. The second-order valence-corrected chi connectivity index (χ2v) is 6.28. The van der Waals surface area contributed by atoms with Gasteiger partial charge >= 0.3 is 0 Å². The van der Waals surface area contributed by atoms with Crippen LogP contribution in [0.25, 0.3) is 0 Å². The first-order valence-electron chi connectivity index (χ1n) is 7.20. The van der Waals surface area contributed by atoms with Crippen LogP contribution in [0.4, 0.5) is 4.39 Å². The molecule has 0 aliphatic rings. The highest BCUT2D eigenvalue weighted by molar-refractivity contribution is 9.10. The first kappa shape index (κ1) is 16.2. The molecule has 3 heteroatoms. The van der Waals surface area contributed by atoms with Crippen molar-refractivity contribution < 1.29 is 4.39 Å². The highest BCUT2D eigenvalue weighted by Gasteiger charge is 2.18. The molecule has 2 aromatic rings. The van der Waals surface area contributed by atoms with Crippen LogP contribution in [0.5, 0.6) is 0 Å². The number of nitrogens with one attached hydrogen (secondary N) is 1. The molecule has 0 aliphatic carbocycles. The molecule has 0 aromatic heterocycles. The van der Waals surface area contributed by atoms with Crippen molar-refractivity contribution in [2.24, 2.45) is 0 Å². The third-order valence-corrected chi connectivity index (χ3v) is 4.91. The quantitative estimate of drug-likeness (QED) is 0.798. The van der Waals surface area contributed by atoms with Crippen LogP contribution in [0, 0.1) is 26.6 Å². The zero-order chi connectivity index (χ0) is 15.6. The van der Waals surface area contributed by atoms with Crippen LogP contribution in [-0.4, -0.2) is 6.54 Å². The molecule has 1 nitrogen and oxygen atoms in total. The fraction of sp³-hybridized carbons (Fsp3) is 0.333. The van der Waals surface area contributed by atoms with E-state index in [0.717, 1.165) is 22.1 Å². The van der Waals surface area contributed by atoms with Gasteiger partial charge in [0.05, 0.1) is 6.04 Å². The Bertz CT molecular complexity index is 629. The highest BCUT2D eigenvalue weighted by atomic mass is 79.9. The van der Waals surface area contributed by atoms with Crippen molar-refractivity contribution in [1.82, 2.24) is 5.32 Å². The molecule has 0 fully saturated rings. The van der Waals surface area contributed by atoms with Crippen LogP contribution in [0.1, 0.15) is 40.8 Å². The molecule has 1 atom stereocenters. The summed E-state index contributed by atoms with van der Waals surface area (Å²) in [5, 5.41) is 3.40. The Labute approximate surface area is 134 Å². The molecule has 0 saturated carbocycles. The summed E-state index contributed by atoms with van der Waals surface area (Å²) in [6.07, 6.45) is 0. The summed E-state index contributed by atoms with van der Waals surface area (Å²) in [4.78, 5) is 0. The van der Waals surface area contributed by atoms with Gasteiger partial charge in [-0.15, -0.1) is 0 Å². The summed E-state index contributed by atoms with van der Waals surface area (Å²) in [5.74, 6) is -0.162. The van der Waals surface area contributed by atoms with E-state index in [0.29, 0.717) is 5.56 Å². The molecule has 1 N–H and O–H groups in total. The van der Waals surface area contributed by atoms with E-state index in [2.05, 4.69) is 47.2 Å². The first-order valence-corrected chi connectivity index (χ1v) is 7.99. The van der Waals surface area contributed by atoms with Gasteiger partial charge in [-0.1, -0.05) is 52.7 Å². The summed E-state index contributed by atoms with van der Waals surface area (Å²) in [6, 6.07) is 9.39. The van der Waals surface area contributed by atoms with Crippen molar-refractivity contribution in [3.63, 3.8) is 0 Å². The summed E-state index contributed by atoms with van der Waals surface area (Å²) >= 11 is 3.59. The number of hydrogen-bond acceptors (Lipinski definition) is 1. The summed E-state index contributed by atoms with van der Waals surface area (Å²) < 4.78 is 15.4. The van der Waals surface area contributed by atoms with Gasteiger partial charge in [0.2, 0.25) is 0 Å². The third kappa shape index (κ3) is 3.53. The third-order valence-electron chi connectivity index (χ3n) is 3.66. The first-order chi connectivity index (χ1) is 9.93. The Kier molecular flexibility index (Phi) is 5.17. The Hall–Kier alpha value is -1.19. The smallest absolute Gasteiger partial charge is 0.128 e. The van der Waals surface area contributed by atoms with E-state index in [-0.39, 0.29) is 11.9 Å². The van der Waals surface area contributed by atoms with Crippen LogP contribution in [0.3, 0.4) is 0 Å². The van der Waals surface area contributed by atoms with Gasteiger partial charge < -0.3 is 5.32 Å². The van der Waals surface area contributed by atoms with Gasteiger partial charge in [0, 0.05) is 10.0 Å². The molecular weight excluding hydrogens is 329 g/mol. The maximum Gasteiger partial charge on any atom is 0.128 e. The monoisotopic (exact) mass is 349 g/mol. The molecule has 0 saturated heterocycles. The Morgan fingerprint density at radius 2 is 1.71 bits per heavy atom. The minimum Gasteiger partial charge on any atom is -0.306 e. The second kappa shape index (κ2) is 6.71. The van der Waals surface area contributed by atoms with Crippen molar-refractivity contribution in [2.45, 2.75) is 33.7 Å². The van der Waals surface area contributed by atoms with Gasteiger partial charge in [0.1, 0.15) is 5.82 Å². The van der Waals surface area contributed by atoms with Gasteiger partial charge in [-0.2, -0.15) is 0 Å². The summed E-state index contributed by atoms with van der Waals surface area (Å²) in [6.45, 7) is 8.95. The van der Waals surface area contributed by atoms with Crippen molar-refractivity contribution in [2.75, 3.05) is 6.54 Å². The molecule has 112 valence electrons. The van der Waals surface area contributed by atoms with E-state index in [1.165, 1.54) is 11.1 Å². The molecule has 0 amide bonds. The lowest BCUT2D eigenvalue weighted by atomic mass is 9.94. The summed E-state index contributed by atoms with van der Waals surface area (Å²) in [7, 11) is 0. The van der Waals surface area contributed by atoms with Gasteiger partial charge in [-0.25, -0.2) is 4.39 Å². The fourth-order valence-electron chi connectivity index (χ4n) is 2.64. The number of hydrogen-bond donors (Lipinski definition) is 1. The standard InChI is InChI=1S/C18H21BrFN/c1-5-21-18(15-8-11(2)6-7-16(15)20)14-9-12(3)17(19)13(4)10-14/h6-10,18,21H,5H2,1-4H3. The number of halogens is 2. The van der Waals surface area contributed by atoms with Gasteiger partial charge in [-0.3, -0.25) is 0 Å². The van der Waals surface area contributed by atoms with Crippen molar-refractivity contribution in [3.8, 4) is 0 Å². The van der Waals surface area contributed by atoms with Crippen LogP contribution in [0.2, 0.25) is 0 Å². The van der Waals surface area contributed by atoms with E-state index in [1.54, 1.807) is 12.1 Å². The molecule has 2 aromatic carbocycles. The Balaban J connectivity index is 2.56. The predicted molar refractivity (Wildman–Crippen MR) is 90.3 cm³/mol. The largest absolute Gasteiger partial charge is 0.306 e. The zero-order valence-corrected chi connectivity index (χ0v) is 14.5. The molecule has 21 heavy (non-hydrogen) atoms. The lowest BCUT2D eigenvalue weighted by Gasteiger charge is -2.21. The maximum atomic E-state index is 14.3. The normalized spacial score (nSPS) is 12.5. The second-order valence-electron chi connectivity index (χ2n) is 5.48. The molecule has 0 heterocycles. The average Bonchev–Trinajstić information content (AvgIpc) is 2.44. The minimum atomic E-state index is -0.162. The topological polar surface area (TPSA) is 12.0 Å². The van der Waals surface area contributed by atoms with Crippen LogP contribution < -0.4 is 5.32 Å². The van der Waals surface area contributed by atoms with Gasteiger partial charge in [-0.05, 0) is 50.1 Å². The van der Waals surface area contributed by atoms with Crippen molar-refractivity contribution in [3.05, 3.63) is 68.4 Å². The SMILES string of the molecule is CCNC(c1cc(C)c(Br)c(C)c1)c1cc(C)ccc1F. The molecular formula is C18H21BrFN. The Morgan fingerprint density at radius 1 is 1.10 bits per heavy atom. The zero-order valence-electron chi connectivity index (χ0n) is 12.9. The molecule has 2 rings (SSSR count). The van der Waals surface area contributed by atoms with Gasteiger partial charge in [0.15, 0.2) is 0 Å². The Morgan fingerprint density at radius 3 is 2.29 bits per heavy atom. The lowest BCUT2D eigenvalue weighted by Crippen LogP contribution is -2.23. The van der Waals surface area contributed by atoms with Crippen molar-refractivity contribution >= 4 is 15.9 Å². The molecule has 0 bridgehead atoms. The van der Waals surface area contributed by atoms with E-state index < -0.39 is 0 Å². The minimum absolute atomic E-state index is 0.125. The van der Waals surface area contributed by atoms with Crippen LogP contribution >= 0.6 is 15.9 Å². The van der Waals surface area contributed by atoms with E-state index in [1.807, 2.05) is 19.9 Å². The van der Waals surface area contributed by atoms with Crippen LogP contribution in [0.15, 0.2) is 34.8 Å². The van der Waals surface area contributed by atoms with Gasteiger partial charge in [0.25, 0.3) is 0 Å². The lowest BCUT2D eigenvalue weighted by molar-refractivity contribution is 0.558. The molecule has 1 unspecified atom stereocenters. The highest BCUT2D eigenvalue weighted by Crippen LogP contribution is 2.30. The average molecular weight is 350 g/mol. The van der Waals surface area contributed by atoms with E-state index >= 15 is 0 Å². The van der Waals surface area contributed by atoms with Crippen LogP contribution in [-0.2, 0) is 0 Å². The number of benzene rings is 2. The van der Waals surface area contributed by atoms with E-state index in [4.69, 9.17) is 0 Å². The number of aryl methyl sites for hydroxylation is 3. The van der Waals surface area contributed by atoms with Crippen molar-refractivity contribution in [1.29, 1.82) is 0 Å². The molecule has 0 spiro atoms. The maximum absolute atomic E-state index is 14.3.